The van der Waals surface area contributed by atoms with Crippen molar-refractivity contribution >= 4 is 27.8 Å². The van der Waals surface area contributed by atoms with Gasteiger partial charge < -0.3 is 14.7 Å². The van der Waals surface area contributed by atoms with Crippen LogP contribution in [0.3, 0.4) is 0 Å². The number of likely N-dealkylation sites (N-methyl/N-ethyl adjacent to an activating group) is 1. The second-order valence-corrected chi connectivity index (χ2v) is 4.87. The van der Waals surface area contributed by atoms with Gasteiger partial charge in [-0.2, -0.15) is 0 Å². The van der Waals surface area contributed by atoms with Crippen molar-refractivity contribution in [3.05, 3.63) is 28.5 Å². The van der Waals surface area contributed by atoms with Gasteiger partial charge in [-0.05, 0) is 27.6 Å². The van der Waals surface area contributed by atoms with E-state index in [4.69, 9.17) is 9.84 Å². The van der Waals surface area contributed by atoms with Crippen molar-refractivity contribution in [2.75, 3.05) is 13.7 Å². The molecule has 96 valence electrons. The lowest BCUT2D eigenvalue weighted by molar-refractivity contribution is -0.171. The molecule has 0 spiro atoms. The van der Waals surface area contributed by atoms with Crippen molar-refractivity contribution in [1.29, 1.82) is 0 Å². The summed E-state index contributed by atoms with van der Waals surface area (Å²) in [5, 5.41) is 9.15. The minimum Gasteiger partial charge on any atom is -0.479 e. The molecule has 1 saturated heterocycles. The summed E-state index contributed by atoms with van der Waals surface area (Å²) in [6.45, 7) is -0.217. The molecular formula is C11H11BrN2O4. The first-order valence-corrected chi connectivity index (χ1v) is 6.00. The monoisotopic (exact) mass is 314 g/mol. The van der Waals surface area contributed by atoms with Crippen molar-refractivity contribution in [2.45, 2.75) is 12.1 Å². The summed E-state index contributed by atoms with van der Waals surface area (Å²) in [6.07, 6.45) is 2.04. The molecule has 1 fully saturated rings. The third kappa shape index (κ3) is 2.37. The van der Waals surface area contributed by atoms with Crippen LogP contribution in [0, 0.1) is 0 Å². The zero-order valence-electron chi connectivity index (χ0n) is 9.54. The quantitative estimate of drug-likeness (QED) is 0.874. The molecule has 1 N–H and O–H groups in total. The number of carboxylic acids is 1. The maximum Gasteiger partial charge on any atom is 0.335 e. The number of hydrogen-bond acceptors (Lipinski definition) is 4. The summed E-state index contributed by atoms with van der Waals surface area (Å²) in [6, 6.07) is 1.06. The molecule has 1 aromatic heterocycles. The largest absolute Gasteiger partial charge is 0.479 e. The molecular weight excluding hydrogens is 304 g/mol. The maximum absolute atomic E-state index is 11.6. The van der Waals surface area contributed by atoms with Crippen LogP contribution < -0.4 is 0 Å². The number of aliphatic carboxylic acids is 1. The number of carboxylic acid groups (broad SMARTS) is 1. The van der Waals surface area contributed by atoms with E-state index in [9.17, 15) is 9.59 Å². The molecule has 0 aliphatic carbocycles. The molecule has 0 aromatic carbocycles. The zero-order valence-corrected chi connectivity index (χ0v) is 11.1. The second kappa shape index (κ2) is 5.03. The highest BCUT2D eigenvalue weighted by Crippen LogP contribution is 2.29. The first kappa shape index (κ1) is 13.0. The maximum atomic E-state index is 11.6. The Labute approximate surface area is 112 Å². The van der Waals surface area contributed by atoms with Crippen molar-refractivity contribution in [2.24, 2.45) is 0 Å². The van der Waals surface area contributed by atoms with Gasteiger partial charge in [-0.3, -0.25) is 9.78 Å². The minimum absolute atomic E-state index is 0.217. The van der Waals surface area contributed by atoms with E-state index in [1.165, 1.54) is 11.1 Å². The van der Waals surface area contributed by atoms with E-state index in [0.717, 1.165) is 4.47 Å². The fourth-order valence-corrected chi connectivity index (χ4v) is 2.29. The zero-order chi connectivity index (χ0) is 13.3. The summed E-state index contributed by atoms with van der Waals surface area (Å²) in [7, 11) is 1.56. The van der Waals surface area contributed by atoms with Crippen molar-refractivity contribution < 1.29 is 19.4 Å². The third-order valence-corrected chi connectivity index (χ3v) is 3.23. The van der Waals surface area contributed by atoms with E-state index < -0.39 is 18.1 Å². The highest BCUT2D eigenvalue weighted by molar-refractivity contribution is 9.10. The van der Waals surface area contributed by atoms with Gasteiger partial charge in [0.15, 0.2) is 6.10 Å². The van der Waals surface area contributed by atoms with Gasteiger partial charge in [-0.25, -0.2) is 4.79 Å². The molecule has 6 nitrogen and oxygen atoms in total. The van der Waals surface area contributed by atoms with Gasteiger partial charge in [0.25, 0.3) is 0 Å². The number of amides is 1. The minimum atomic E-state index is -1.10. The van der Waals surface area contributed by atoms with Gasteiger partial charge in [0, 0.05) is 23.9 Å². The van der Waals surface area contributed by atoms with Crippen LogP contribution in [0.25, 0.3) is 0 Å². The summed E-state index contributed by atoms with van der Waals surface area (Å²) < 4.78 is 5.81. The topological polar surface area (TPSA) is 79.7 Å². The molecule has 1 aliphatic heterocycles. The first-order valence-electron chi connectivity index (χ1n) is 5.21. The Morgan fingerprint density at radius 2 is 2.33 bits per heavy atom. The van der Waals surface area contributed by atoms with E-state index in [1.54, 1.807) is 19.3 Å². The van der Waals surface area contributed by atoms with Crippen LogP contribution in [0.2, 0.25) is 0 Å². The summed E-state index contributed by atoms with van der Waals surface area (Å²) >= 11 is 3.27. The number of nitrogens with zero attached hydrogens (tertiary/aromatic N) is 2. The SMILES string of the molecule is CN1C(=O)COC(C(=O)O)C1c1cncc(Br)c1. The molecule has 1 aliphatic rings. The van der Waals surface area contributed by atoms with Crippen molar-refractivity contribution in [3.63, 3.8) is 0 Å². The van der Waals surface area contributed by atoms with Gasteiger partial charge in [0.05, 0.1) is 6.04 Å². The predicted octanol–water partition coefficient (Wildman–Crippen LogP) is 0.827. The molecule has 2 heterocycles. The first-order chi connectivity index (χ1) is 8.50. The number of morpholine rings is 1. The molecule has 7 heteroatoms. The standard InChI is InChI=1S/C11H11BrN2O4/c1-14-8(15)5-18-10(11(16)17)9(14)6-2-7(12)4-13-3-6/h2-4,9-10H,5H2,1H3,(H,16,17). The lowest BCUT2D eigenvalue weighted by Crippen LogP contribution is -2.50. The predicted molar refractivity (Wildman–Crippen MR) is 64.8 cm³/mol. The summed E-state index contributed by atoms with van der Waals surface area (Å²) in [5.74, 6) is -1.35. The lowest BCUT2D eigenvalue weighted by atomic mass is 10.00. The number of rotatable bonds is 2. The van der Waals surface area contributed by atoms with E-state index >= 15 is 0 Å². The fraction of sp³-hybridized carbons (Fsp3) is 0.364. The van der Waals surface area contributed by atoms with Crippen LogP contribution in [-0.4, -0.2) is 46.6 Å². The van der Waals surface area contributed by atoms with Crippen LogP contribution in [0.5, 0.6) is 0 Å². The molecule has 1 aromatic rings. The molecule has 2 rings (SSSR count). The van der Waals surface area contributed by atoms with Crippen LogP contribution in [0.15, 0.2) is 22.9 Å². The van der Waals surface area contributed by atoms with E-state index in [-0.39, 0.29) is 12.5 Å². The summed E-state index contributed by atoms with van der Waals surface area (Å²) in [5.41, 5.74) is 0.618. The molecule has 0 radical (unpaired) electrons. The van der Waals surface area contributed by atoms with E-state index in [1.807, 2.05) is 0 Å². The Kier molecular flexibility index (Phi) is 3.63. The second-order valence-electron chi connectivity index (χ2n) is 3.96. The van der Waals surface area contributed by atoms with Crippen LogP contribution in [0.4, 0.5) is 0 Å². The number of aromatic nitrogens is 1. The van der Waals surface area contributed by atoms with Crippen molar-refractivity contribution in [3.8, 4) is 0 Å². The number of hydrogen-bond donors (Lipinski definition) is 1. The Morgan fingerprint density at radius 3 is 2.94 bits per heavy atom. The molecule has 2 unspecified atom stereocenters. The number of ether oxygens (including phenoxy) is 1. The van der Waals surface area contributed by atoms with Gasteiger partial charge >= 0.3 is 5.97 Å². The summed E-state index contributed by atoms with van der Waals surface area (Å²) in [4.78, 5) is 28.1. The average Bonchev–Trinajstić information content (AvgIpc) is 2.32. The molecule has 2 atom stereocenters. The Bertz CT molecular complexity index is 494. The lowest BCUT2D eigenvalue weighted by Gasteiger charge is -2.36. The number of halogens is 1. The van der Waals surface area contributed by atoms with Crippen molar-refractivity contribution in [1.82, 2.24) is 9.88 Å². The third-order valence-electron chi connectivity index (χ3n) is 2.79. The Balaban J connectivity index is 2.41. The van der Waals surface area contributed by atoms with E-state index in [2.05, 4.69) is 20.9 Å². The Hall–Kier alpha value is -1.47. The molecule has 18 heavy (non-hydrogen) atoms. The molecule has 0 saturated carbocycles. The number of carbonyl (C=O) groups is 2. The highest BCUT2D eigenvalue weighted by Gasteiger charge is 2.40. The van der Waals surface area contributed by atoms with Gasteiger partial charge in [-0.1, -0.05) is 0 Å². The van der Waals surface area contributed by atoms with Gasteiger partial charge in [0.1, 0.15) is 6.61 Å². The van der Waals surface area contributed by atoms with Crippen LogP contribution >= 0.6 is 15.9 Å². The number of pyridine rings is 1. The normalized spacial score (nSPS) is 24.1. The molecule has 0 bridgehead atoms. The van der Waals surface area contributed by atoms with Gasteiger partial charge in [-0.15, -0.1) is 0 Å². The van der Waals surface area contributed by atoms with Crippen LogP contribution in [0.1, 0.15) is 11.6 Å². The average molecular weight is 315 g/mol. The molecule has 1 amide bonds. The highest BCUT2D eigenvalue weighted by atomic mass is 79.9. The van der Waals surface area contributed by atoms with Gasteiger partial charge in [0.2, 0.25) is 5.91 Å². The van der Waals surface area contributed by atoms with Crippen LogP contribution in [-0.2, 0) is 14.3 Å². The fourth-order valence-electron chi connectivity index (χ4n) is 1.91. The number of carbonyl (C=O) groups excluding carboxylic acids is 1. The smallest absolute Gasteiger partial charge is 0.335 e. The Morgan fingerprint density at radius 1 is 1.61 bits per heavy atom. The van der Waals surface area contributed by atoms with E-state index in [0.29, 0.717) is 5.56 Å².